The number of aliphatic hydroxyl groups is 1. The van der Waals surface area contributed by atoms with Crippen LogP contribution in [0.25, 0.3) is 0 Å². The largest absolute Gasteiger partial charge is 0.396 e. The summed E-state index contributed by atoms with van der Waals surface area (Å²) in [6, 6.07) is 0. The van der Waals surface area contributed by atoms with Gasteiger partial charge in [0, 0.05) is 24.8 Å². The molecule has 1 aliphatic carbocycles. The van der Waals surface area contributed by atoms with E-state index in [4.69, 9.17) is 5.11 Å². The smallest absolute Gasteiger partial charge is 0.264 e. The van der Waals surface area contributed by atoms with Crippen molar-refractivity contribution in [2.24, 2.45) is 0 Å². The zero-order valence-electron chi connectivity index (χ0n) is 12.1. The predicted molar refractivity (Wildman–Crippen MR) is 82.9 cm³/mol. The van der Waals surface area contributed by atoms with Crippen LogP contribution in [-0.2, 0) is 0 Å². The first-order chi connectivity index (χ1) is 10.1. The molecule has 6 nitrogen and oxygen atoms in total. The Kier molecular flexibility index (Phi) is 5.81. The van der Waals surface area contributed by atoms with Crippen LogP contribution in [0.5, 0.6) is 0 Å². The second kappa shape index (κ2) is 7.61. The van der Waals surface area contributed by atoms with Crippen LogP contribution in [0.1, 0.15) is 47.1 Å². The van der Waals surface area contributed by atoms with Gasteiger partial charge in [0.05, 0.1) is 5.69 Å². The van der Waals surface area contributed by atoms with Crippen molar-refractivity contribution < 1.29 is 9.90 Å². The molecular formula is C14H21N3O3S. The van der Waals surface area contributed by atoms with E-state index in [2.05, 4.69) is 15.3 Å². The van der Waals surface area contributed by atoms with Crippen LogP contribution in [-0.4, -0.2) is 45.6 Å². The number of aromatic amines is 1. The van der Waals surface area contributed by atoms with E-state index in [-0.39, 0.29) is 23.6 Å². The fraction of sp³-hybridized carbons (Fsp3) is 0.643. The zero-order valence-corrected chi connectivity index (χ0v) is 13.0. The maximum Gasteiger partial charge on any atom is 0.264 e. The van der Waals surface area contributed by atoms with Crippen molar-refractivity contribution in [2.45, 2.75) is 32.1 Å². The first-order valence-corrected chi connectivity index (χ1v) is 8.36. The van der Waals surface area contributed by atoms with Crippen LogP contribution in [0.15, 0.2) is 4.79 Å². The van der Waals surface area contributed by atoms with Crippen LogP contribution < -0.4 is 10.9 Å². The summed E-state index contributed by atoms with van der Waals surface area (Å²) in [6.45, 7) is 2.39. The molecule has 1 heterocycles. The molecule has 1 fully saturated rings. The highest BCUT2D eigenvalue weighted by molar-refractivity contribution is 7.99. The van der Waals surface area contributed by atoms with E-state index in [0.29, 0.717) is 24.0 Å². The SMILES string of the molecule is Cc1nc(C2CC2)[nH]c(=O)c1C(=O)NCCSCCCO. The summed E-state index contributed by atoms with van der Waals surface area (Å²) < 4.78 is 0. The number of aromatic nitrogens is 2. The second-order valence-corrected chi connectivity index (χ2v) is 6.36. The van der Waals surface area contributed by atoms with Crippen molar-refractivity contribution >= 4 is 17.7 Å². The van der Waals surface area contributed by atoms with Gasteiger partial charge in [0.15, 0.2) is 0 Å². The topological polar surface area (TPSA) is 95.1 Å². The molecule has 1 aliphatic rings. The predicted octanol–water partition coefficient (Wildman–Crippen LogP) is 0.801. The molecule has 0 saturated heterocycles. The third-order valence-corrected chi connectivity index (χ3v) is 4.36. The van der Waals surface area contributed by atoms with Crippen LogP contribution in [0.3, 0.4) is 0 Å². The van der Waals surface area contributed by atoms with Crippen molar-refractivity contribution in [3.8, 4) is 0 Å². The Hall–Kier alpha value is -1.34. The summed E-state index contributed by atoms with van der Waals surface area (Å²) in [7, 11) is 0. The molecule has 1 amide bonds. The molecule has 0 unspecified atom stereocenters. The van der Waals surface area contributed by atoms with Gasteiger partial charge in [-0.25, -0.2) is 4.98 Å². The van der Waals surface area contributed by atoms with Gasteiger partial charge in [0.25, 0.3) is 11.5 Å². The molecule has 116 valence electrons. The number of carbonyl (C=O) groups is 1. The van der Waals surface area contributed by atoms with Gasteiger partial charge in [0.2, 0.25) is 0 Å². The lowest BCUT2D eigenvalue weighted by Crippen LogP contribution is -2.33. The summed E-state index contributed by atoms with van der Waals surface area (Å²) >= 11 is 1.66. The average Bonchev–Trinajstić information content (AvgIpc) is 3.26. The first-order valence-electron chi connectivity index (χ1n) is 7.21. The summed E-state index contributed by atoms with van der Waals surface area (Å²) in [6.07, 6.45) is 2.86. The van der Waals surface area contributed by atoms with E-state index in [1.54, 1.807) is 18.7 Å². The highest BCUT2D eigenvalue weighted by Crippen LogP contribution is 2.37. The summed E-state index contributed by atoms with van der Waals surface area (Å²) in [5.41, 5.74) is 0.251. The standard InChI is InChI=1S/C14H21N3O3S/c1-9-11(13(19)15-5-8-21-7-2-6-18)14(20)17-12(16-9)10-3-4-10/h10,18H,2-8H2,1H3,(H,15,19)(H,16,17,20). The van der Waals surface area contributed by atoms with Crippen LogP contribution in [0.4, 0.5) is 0 Å². The number of aliphatic hydroxyl groups excluding tert-OH is 1. The molecule has 1 aromatic rings. The Morgan fingerprint density at radius 3 is 2.86 bits per heavy atom. The fourth-order valence-electron chi connectivity index (χ4n) is 2.02. The van der Waals surface area contributed by atoms with Gasteiger partial charge in [0.1, 0.15) is 11.4 Å². The van der Waals surface area contributed by atoms with Crippen molar-refractivity contribution in [1.82, 2.24) is 15.3 Å². The molecule has 0 spiro atoms. The molecule has 0 atom stereocenters. The summed E-state index contributed by atoms with van der Waals surface area (Å²) in [5, 5.41) is 11.4. The molecule has 0 aliphatic heterocycles. The Labute approximate surface area is 127 Å². The highest BCUT2D eigenvalue weighted by Gasteiger charge is 2.27. The number of nitrogens with one attached hydrogen (secondary N) is 2. The minimum absolute atomic E-state index is 0.111. The molecule has 3 N–H and O–H groups in total. The monoisotopic (exact) mass is 311 g/mol. The molecule has 1 saturated carbocycles. The Balaban J connectivity index is 1.88. The molecule has 7 heteroatoms. The molecule has 21 heavy (non-hydrogen) atoms. The van der Waals surface area contributed by atoms with E-state index in [9.17, 15) is 9.59 Å². The summed E-state index contributed by atoms with van der Waals surface area (Å²) in [5.74, 6) is 2.32. The number of amides is 1. The molecule has 0 bridgehead atoms. The van der Waals surface area contributed by atoms with Gasteiger partial charge in [-0.1, -0.05) is 0 Å². The second-order valence-electron chi connectivity index (χ2n) is 5.13. The number of hydrogen-bond acceptors (Lipinski definition) is 5. The van der Waals surface area contributed by atoms with E-state index >= 15 is 0 Å². The van der Waals surface area contributed by atoms with Crippen LogP contribution >= 0.6 is 11.8 Å². The maximum atomic E-state index is 12.1. The van der Waals surface area contributed by atoms with Crippen LogP contribution in [0.2, 0.25) is 0 Å². The molecule has 0 radical (unpaired) electrons. The molecular weight excluding hydrogens is 290 g/mol. The molecule has 0 aromatic carbocycles. The molecule has 2 rings (SSSR count). The van der Waals surface area contributed by atoms with Crippen molar-refractivity contribution in [3.63, 3.8) is 0 Å². The van der Waals surface area contributed by atoms with Gasteiger partial charge >= 0.3 is 0 Å². The average molecular weight is 311 g/mol. The number of nitrogens with zero attached hydrogens (tertiary/aromatic N) is 1. The van der Waals surface area contributed by atoms with Gasteiger partial charge in [-0.05, 0) is 31.9 Å². The van der Waals surface area contributed by atoms with Gasteiger partial charge < -0.3 is 15.4 Å². The first kappa shape index (κ1) is 16.0. The van der Waals surface area contributed by atoms with E-state index in [1.807, 2.05) is 0 Å². The van der Waals surface area contributed by atoms with Crippen molar-refractivity contribution in [2.75, 3.05) is 24.7 Å². The number of carbonyl (C=O) groups excluding carboxylic acids is 1. The normalized spacial score (nSPS) is 14.2. The lowest BCUT2D eigenvalue weighted by Gasteiger charge is -2.08. The van der Waals surface area contributed by atoms with Crippen molar-refractivity contribution in [3.05, 3.63) is 27.4 Å². The molecule has 1 aromatic heterocycles. The van der Waals surface area contributed by atoms with E-state index in [0.717, 1.165) is 30.8 Å². The van der Waals surface area contributed by atoms with Gasteiger partial charge in [-0.3, -0.25) is 9.59 Å². The number of thioether (sulfide) groups is 1. The quantitative estimate of drug-likeness (QED) is 0.617. The van der Waals surface area contributed by atoms with Crippen molar-refractivity contribution in [1.29, 1.82) is 0 Å². The number of aryl methyl sites for hydroxylation is 1. The third kappa shape index (κ3) is 4.57. The van der Waals surface area contributed by atoms with E-state index < -0.39 is 0 Å². The maximum absolute atomic E-state index is 12.1. The lowest BCUT2D eigenvalue weighted by molar-refractivity contribution is 0.0953. The summed E-state index contributed by atoms with van der Waals surface area (Å²) in [4.78, 5) is 31.1. The Morgan fingerprint density at radius 1 is 1.48 bits per heavy atom. The van der Waals surface area contributed by atoms with Crippen LogP contribution in [0, 0.1) is 6.92 Å². The highest BCUT2D eigenvalue weighted by atomic mass is 32.2. The number of H-pyrrole nitrogens is 1. The minimum atomic E-state index is -0.369. The number of hydrogen-bond donors (Lipinski definition) is 3. The number of rotatable bonds is 8. The van der Waals surface area contributed by atoms with E-state index in [1.165, 1.54) is 0 Å². The zero-order chi connectivity index (χ0) is 15.2. The Morgan fingerprint density at radius 2 is 2.24 bits per heavy atom. The lowest BCUT2D eigenvalue weighted by atomic mass is 10.2. The minimum Gasteiger partial charge on any atom is -0.396 e. The van der Waals surface area contributed by atoms with Gasteiger partial charge in [-0.15, -0.1) is 0 Å². The Bertz CT molecular complexity index is 555. The third-order valence-electron chi connectivity index (χ3n) is 3.29. The fourth-order valence-corrected chi connectivity index (χ4v) is 2.80. The van der Waals surface area contributed by atoms with Gasteiger partial charge in [-0.2, -0.15) is 11.8 Å².